The van der Waals surface area contributed by atoms with Crippen LogP contribution in [0.2, 0.25) is 0 Å². The maximum atomic E-state index is 14.9. The third-order valence-electron chi connectivity index (χ3n) is 8.10. The van der Waals surface area contributed by atoms with Gasteiger partial charge in [-0.2, -0.15) is 0 Å². The predicted octanol–water partition coefficient (Wildman–Crippen LogP) is 6.95. The van der Waals surface area contributed by atoms with Crippen LogP contribution in [-0.2, 0) is 6.54 Å². The van der Waals surface area contributed by atoms with E-state index in [1.807, 2.05) is 6.08 Å². The molecule has 1 aliphatic rings. The largest absolute Gasteiger partial charge is 0.497 e. The van der Waals surface area contributed by atoms with Crippen molar-refractivity contribution in [1.29, 1.82) is 0 Å². The first kappa shape index (κ1) is 28.8. The maximum Gasteiger partial charge on any atom is 0.195 e. The maximum absolute atomic E-state index is 14.9. The van der Waals surface area contributed by atoms with Crippen LogP contribution in [0.15, 0.2) is 43.1 Å². The molecular formula is C29H31F4IN2O2. The molecule has 1 saturated carbocycles. The molecule has 0 saturated heterocycles. The molecule has 4 nitrogen and oxygen atoms in total. The van der Waals surface area contributed by atoms with Crippen molar-refractivity contribution in [3.63, 3.8) is 0 Å². The number of aromatic nitrogens is 1. The van der Waals surface area contributed by atoms with Gasteiger partial charge in [-0.05, 0) is 59.4 Å². The summed E-state index contributed by atoms with van der Waals surface area (Å²) in [4.78, 5) is 4.39. The Balaban J connectivity index is 1.82. The Labute approximate surface area is 233 Å². The zero-order valence-electron chi connectivity index (χ0n) is 21.5. The summed E-state index contributed by atoms with van der Waals surface area (Å²) in [5, 5.41) is 15.7. The second kappa shape index (κ2) is 11.5. The number of nitrogens with zero attached hydrogens (tertiary/aromatic N) is 1. The van der Waals surface area contributed by atoms with E-state index in [4.69, 9.17) is 4.74 Å². The lowest BCUT2D eigenvalue weighted by atomic mass is 9.83. The number of ether oxygens (including phenoxy) is 1. The van der Waals surface area contributed by atoms with Gasteiger partial charge < -0.3 is 15.2 Å². The molecule has 0 amide bonds. The highest BCUT2D eigenvalue weighted by Crippen LogP contribution is 2.66. The molecule has 1 fully saturated rings. The number of benzene rings is 2. The fourth-order valence-corrected chi connectivity index (χ4v) is 6.81. The highest BCUT2D eigenvalue weighted by molar-refractivity contribution is 14.1. The summed E-state index contributed by atoms with van der Waals surface area (Å²) in [5.74, 6) is -5.06. The van der Waals surface area contributed by atoms with E-state index in [-0.39, 0.29) is 11.8 Å². The van der Waals surface area contributed by atoms with E-state index in [9.17, 15) is 22.7 Å². The van der Waals surface area contributed by atoms with E-state index in [0.29, 0.717) is 22.2 Å². The van der Waals surface area contributed by atoms with E-state index < -0.39 is 58.5 Å². The van der Waals surface area contributed by atoms with Crippen molar-refractivity contribution in [2.45, 2.75) is 45.4 Å². The van der Waals surface area contributed by atoms with Gasteiger partial charge in [-0.25, -0.2) is 17.6 Å². The number of nitrogens with one attached hydrogen (secondary N) is 1. The normalized spacial score (nSPS) is 22.3. The highest BCUT2D eigenvalue weighted by atomic mass is 127. The van der Waals surface area contributed by atoms with Gasteiger partial charge in [-0.1, -0.05) is 42.0 Å². The predicted molar refractivity (Wildman–Crippen MR) is 148 cm³/mol. The van der Waals surface area contributed by atoms with Crippen molar-refractivity contribution in [3.8, 4) is 5.75 Å². The lowest BCUT2D eigenvalue weighted by Gasteiger charge is -2.33. The van der Waals surface area contributed by atoms with E-state index >= 15 is 0 Å². The Hall–Kier alpha value is -2.24. The summed E-state index contributed by atoms with van der Waals surface area (Å²) < 4.78 is 64.0. The minimum atomic E-state index is -1.72. The molecule has 1 heterocycles. The molecule has 2 aromatic carbocycles. The lowest BCUT2D eigenvalue weighted by Crippen LogP contribution is -2.43. The fourth-order valence-electron chi connectivity index (χ4n) is 6.14. The van der Waals surface area contributed by atoms with Crippen LogP contribution in [0.5, 0.6) is 5.75 Å². The number of methoxy groups -OCH3 is 1. The topological polar surface area (TPSA) is 54.4 Å². The van der Waals surface area contributed by atoms with E-state index in [1.54, 1.807) is 37.6 Å². The number of halogens is 5. The standard InChI is InChI=1S/C29H31F4IN2O2/c1-5-20-21(9-11-34)29(20,6-2)28(36-14-19-23(30)15(3)24(31)26(33)25(19)32)27(37)17-10-12-35-22-8-7-16(38-4)13-18(17)22/h6-8,10,12-13,20-21,27-28,36-37H,2,5,9,11,14H2,1,3-4H3/t20?,21?,27-,28-,29?/m1/s1. The molecule has 0 aliphatic heterocycles. The molecule has 3 aromatic rings. The molecule has 2 N–H and O–H groups in total. The van der Waals surface area contributed by atoms with Crippen LogP contribution in [0.1, 0.15) is 42.6 Å². The summed E-state index contributed by atoms with van der Waals surface area (Å²) in [6, 6.07) is 6.31. The first-order chi connectivity index (χ1) is 18.2. The number of fused-ring (bicyclic) bond motifs is 1. The van der Waals surface area contributed by atoms with Gasteiger partial charge in [-0.3, -0.25) is 4.98 Å². The highest BCUT2D eigenvalue weighted by Gasteiger charge is 2.65. The number of aliphatic hydroxyl groups is 1. The molecule has 0 bridgehead atoms. The zero-order chi connectivity index (χ0) is 27.8. The van der Waals surface area contributed by atoms with E-state index in [2.05, 4.69) is 46.4 Å². The molecule has 38 heavy (non-hydrogen) atoms. The van der Waals surface area contributed by atoms with Gasteiger partial charge in [0, 0.05) is 40.7 Å². The van der Waals surface area contributed by atoms with Crippen molar-refractivity contribution >= 4 is 33.5 Å². The van der Waals surface area contributed by atoms with Crippen LogP contribution in [0.25, 0.3) is 10.9 Å². The molecule has 1 aliphatic carbocycles. The van der Waals surface area contributed by atoms with Crippen molar-refractivity contribution in [1.82, 2.24) is 10.3 Å². The Morgan fingerprint density at radius 1 is 1.16 bits per heavy atom. The summed E-state index contributed by atoms with van der Waals surface area (Å²) in [7, 11) is 1.54. The van der Waals surface area contributed by atoms with Gasteiger partial charge in [0.25, 0.3) is 0 Å². The Morgan fingerprint density at radius 3 is 2.53 bits per heavy atom. The average molecular weight is 642 g/mol. The Morgan fingerprint density at radius 2 is 1.89 bits per heavy atom. The van der Waals surface area contributed by atoms with Crippen LogP contribution in [0, 0.1) is 47.4 Å². The molecular weight excluding hydrogens is 611 g/mol. The number of alkyl halides is 1. The lowest BCUT2D eigenvalue weighted by molar-refractivity contribution is 0.0924. The third kappa shape index (κ3) is 4.70. The van der Waals surface area contributed by atoms with Crippen molar-refractivity contribution in [3.05, 3.63) is 83.1 Å². The van der Waals surface area contributed by atoms with E-state index in [0.717, 1.165) is 24.2 Å². The first-order valence-corrected chi connectivity index (χ1v) is 14.0. The molecule has 204 valence electrons. The Kier molecular flexibility index (Phi) is 8.68. The van der Waals surface area contributed by atoms with Gasteiger partial charge in [0.05, 0.1) is 18.7 Å². The van der Waals surface area contributed by atoms with Crippen LogP contribution >= 0.6 is 22.6 Å². The first-order valence-electron chi connectivity index (χ1n) is 12.5. The van der Waals surface area contributed by atoms with Crippen molar-refractivity contribution in [2.24, 2.45) is 17.3 Å². The van der Waals surface area contributed by atoms with Crippen LogP contribution in [0.4, 0.5) is 17.6 Å². The molecule has 5 atom stereocenters. The molecule has 3 unspecified atom stereocenters. The van der Waals surface area contributed by atoms with Gasteiger partial charge in [-0.15, -0.1) is 6.58 Å². The van der Waals surface area contributed by atoms with Gasteiger partial charge >= 0.3 is 0 Å². The molecule has 1 aromatic heterocycles. The minimum absolute atomic E-state index is 0.172. The van der Waals surface area contributed by atoms with Gasteiger partial charge in [0.1, 0.15) is 11.6 Å². The second-order valence-electron chi connectivity index (χ2n) is 9.75. The molecule has 0 spiro atoms. The number of pyridine rings is 1. The smallest absolute Gasteiger partial charge is 0.195 e. The van der Waals surface area contributed by atoms with Gasteiger partial charge in [0.15, 0.2) is 17.5 Å². The quantitative estimate of drug-likeness (QED) is 0.0594. The summed E-state index contributed by atoms with van der Waals surface area (Å²) in [5.41, 5.74) is -0.588. The van der Waals surface area contributed by atoms with Crippen molar-refractivity contribution in [2.75, 3.05) is 11.5 Å². The summed E-state index contributed by atoms with van der Waals surface area (Å²) in [6.45, 7) is 6.77. The third-order valence-corrected chi connectivity index (χ3v) is 8.73. The molecule has 0 radical (unpaired) electrons. The van der Waals surface area contributed by atoms with Crippen LogP contribution < -0.4 is 10.1 Å². The van der Waals surface area contributed by atoms with Crippen molar-refractivity contribution < 1.29 is 27.4 Å². The van der Waals surface area contributed by atoms with Crippen LogP contribution in [-0.4, -0.2) is 27.7 Å². The van der Waals surface area contributed by atoms with E-state index in [1.165, 1.54) is 0 Å². The number of hydrogen-bond donors (Lipinski definition) is 2. The number of rotatable bonds is 11. The summed E-state index contributed by atoms with van der Waals surface area (Å²) >= 11 is 2.31. The fraction of sp³-hybridized carbons (Fsp3) is 0.414. The SMILES string of the molecule is C=CC1([C@H](NCc2c(F)c(C)c(F)c(F)c2F)[C@H](O)c2ccnc3ccc(OC)cc23)C(CC)C1CCI. The molecule has 9 heteroatoms. The number of hydrogen-bond acceptors (Lipinski definition) is 4. The molecule has 4 rings (SSSR count). The second-order valence-corrected chi connectivity index (χ2v) is 10.8. The Bertz CT molecular complexity index is 1320. The number of aliphatic hydroxyl groups excluding tert-OH is 1. The van der Waals surface area contributed by atoms with Crippen LogP contribution in [0.3, 0.4) is 0 Å². The minimum Gasteiger partial charge on any atom is -0.497 e. The average Bonchev–Trinajstić information content (AvgIpc) is 3.57. The summed E-state index contributed by atoms with van der Waals surface area (Å²) in [6.07, 6.45) is 3.96. The zero-order valence-corrected chi connectivity index (χ0v) is 23.7. The monoisotopic (exact) mass is 642 g/mol. The van der Waals surface area contributed by atoms with Gasteiger partial charge in [0.2, 0.25) is 0 Å².